The highest BCUT2D eigenvalue weighted by atomic mass is 14.5. The standard InChI is InChI=1S/C25H17B/c26-16-13-14-20-19-9-3-6-12-23(19)25(24(20)15-16)21-10-4-1-7-17(21)18-8-2-5-11-22(18)25/h1-15H,26H2. The molecule has 2 aliphatic rings. The summed E-state index contributed by atoms with van der Waals surface area (Å²) in [7, 11) is 2.20. The smallest absolute Gasteiger partial charge is 0.0886 e. The monoisotopic (exact) mass is 328 g/mol. The van der Waals surface area contributed by atoms with Crippen LogP contribution in [0.1, 0.15) is 22.3 Å². The lowest BCUT2D eigenvalue weighted by Crippen LogP contribution is -2.26. The maximum atomic E-state index is 2.40. The average molecular weight is 328 g/mol. The predicted octanol–water partition coefficient (Wildman–Crippen LogP) is 4.29. The van der Waals surface area contributed by atoms with Crippen molar-refractivity contribution in [3.8, 4) is 22.3 Å². The summed E-state index contributed by atoms with van der Waals surface area (Å²) < 4.78 is 0. The van der Waals surface area contributed by atoms with Crippen molar-refractivity contribution in [3.63, 3.8) is 0 Å². The molecular formula is C25H17B. The Labute approximate surface area is 154 Å². The van der Waals surface area contributed by atoms with Gasteiger partial charge in [-0.15, -0.1) is 0 Å². The van der Waals surface area contributed by atoms with Crippen LogP contribution in [0.4, 0.5) is 0 Å². The highest BCUT2D eigenvalue weighted by Gasteiger charge is 2.51. The van der Waals surface area contributed by atoms with Gasteiger partial charge in [-0.2, -0.15) is 0 Å². The Hall–Kier alpha value is -3.06. The third-order valence-corrected chi connectivity index (χ3v) is 6.15. The van der Waals surface area contributed by atoms with Crippen molar-refractivity contribution in [2.45, 2.75) is 5.41 Å². The molecule has 0 N–H and O–H groups in total. The highest BCUT2D eigenvalue weighted by Crippen LogP contribution is 2.62. The lowest BCUT2D eigenvalue weighted by molar-refractivity contribution is 0.794. The van der Waals surface area contributed by atoms with Gasteiger partial charge in [-0.3, -0.25) is 0 Å². The van der Waals surface area contributed by atoms with Crippen molar-refractivity contribution in [1.82, 2.24) is 0 Å². The molecule has 0 aliphatic heterocycles. The molecule has 4 aromatic rings. The van der Waals surface area contributed by atoms with Gasteiger partial charge in [0, 0.05) is 0 Å². The molecule has 0 saturated carbocycles. The molecule has 4 aromatic carbocycles. The summed E-state index contributed by atoms with van der Waals surface area (Å²) in [5.41, 5.74) is 12.3. The molecule has 2 aliphatic carbocycles. The Morgan fingerprint density at radius 3 is 1.38 bits per heavy atom. The van der Waals surface area contributed by atoms with Crippen molar-refractivity contribution < 1.29 is 0 Å². The molecule has 0 bridgehead atoms. The van der Waals surface area contributed by atoms with E-state index in [1.54, 1.807) is 0 Å². The minimum absolute atomic E-state index is 0.189. The van der Waals surface area contributed by atoms with Crippen LogP contribution in [0.25, 0.3) is 22.3 Å². The predicted molar refractivity (Wildman–Crippen MR) is 111 cm³/mol. The molecule has 0 unspecified atom stereocenters. The van der Waals surface area contributed by atoms with E-state index in [0.717, 1.165) is 0 Å². The Morgan fingerprint density at radius 2 is 0.885 bits per heavy atom. The molecule has 0 fully saturated rings. The molecule has 0 heterocycles. The molecule has 0 saturated heterocycles. The van der Waals surface area contributed by atoms with Crippen molar-refractivity contribution in [3.05, 3.63) is 113 Å². The fraction of sp³-hybridized carbons (Fsp3) is 0.0400. The molecule has 6 rings (SSSR count). The van der Waals surface area contributed by atoms with E-state index < -0.39 is 0 Å². The number of benzene rings is 4. The van der Waals surface area contributed by atoms with Crippen LogP contribution < -0.4 is 5.46 Å². The Balaban J connectivity index is 1.88. The molecule has 0 aromatic heterocycles. The molecule has 1 heteroatoms. The van der Waals surface area contributed by atoms with Crippen LogP contribution in [-0.2, 0) is 5.41 Å². The zero-order chi connectivity index (χ0) is 17.3. The zero-order valence-corrected chi connectivity index (χ0v) is 14.7. The minimum Gasteiger partial charge on any atom is -0.0886 e. The number of rotatable bonds is 0. The summed E-state index contributed by atoms with van der Waals surface area (Å²) in [4.78, 5) is 0. The van der Waals surface area contributed by atoms with Crippen LogP contribution in [0.2, 0.25) is 0 Å². The van der Waals surface area contributed by atoms with E-state index in [-0.39, 0.29) is 5.41 Å². The van der Waals surface area contributed by atoms with Gasteiger partial charge in [0.05, 0.1) is 5.41 Å². The number of hydrogen-bond acceptors (Lipinski definition) is 0. The van der Waals surface area contributed by atoms with E-state index in [1.807, 2.05) is 0 Å². The van der Waals surface area contributed by atoms with E-state index in [4.69, 9.17) is 0 Å². The summed E-state index contributed by atoms with van der Waals surface area (Å²) in [6, 6.07) is 33.8. The zero-order valence-electron chi connectivity index (χ0n) is 14.7. The van der Waals surface area contributed by atoms with E-state index in [9.17, 15) is 0 Å². The largest absolute Gasteiger partial charge is 0.139 e. The topological polar surface area (TPSA) is 0 Å². The van der Waals surface area contributed by atoms with Gasteiger partial charge in [0.25, 0.3) is 0 Å². The van der Waals surface area contributed by atoms with Crippen LogP contribution in [0.15, 0.2) is 91.0 Å². The van der Waals surface area contributed by atoms with Crippen LogP contribution in [0.5, 0.6) is 0 Å². The summed E-state index contributed by atoms with van der Waals surface area (Å²) in [6.45, 7) is 0. The quantitative estimate of drug-likeness (QED) is 0.365. The molecule has 0 nitrogen and oxygen atoms in total. The van der Waals surface area contributed by atoms with Gasteiger partial charge in [0.15, 0.2) is 0 Å². The van der Waals surface area contributed by atoms with E-state index >= 15 is 0 Å². The molecule has 26 heavy (non-hydrogen) atoms. The highest BCUT2D eigenvalue weighted by molar-refractivity contribution is 6.32. The second-order valence-corrected chi connectivity index (χ2v) is 7.44. The van der Waals surface area contributed by atoms with E-state index in [0.29, 0.717) is 0 Å². The summed E-state index contributed by atoms with van der Waals surface area (Å²) in [6.07, 6.45) is 0. The summed E-state index contributed by atoms with van der Waals surface area (Å²) in [5.74, 6) is 0. The molecule has 0 amide bonds. The first-order valence-electron chi connectivity index (χ1n) is 9.22. The molecule has 0 atom stereocenters. The van der Waals surface area contributed by atoms with Crippen molar-refractivity contribution >= 4 is 13.3 Å². The minimum atomic E-state index is -0.189. The van der Waals surface area contributed by atoms with Gasteiger partial charge in [0.2, 0.25) is 0 Å². The molecule has 0 radical (unpaired) electrons. The van der Waals surface area contributed by atoms with Gasteiger partial charge in [0.1, 0.15) is 7.85 Å². The second kappa shape index (κ2) is 4.77. The van der Waals surface area contributed by atoms with Crippen molar-refractivity contribution in [1.29, 1.82) is 0 Å². The normalized spacial score (nSPS) is 14.6. The molecular weight excluding hydrogens is 311 g/mol. The first-order chi connectivity index (χ1) is 12.8. The van der Waals surface area contributed by atoms with Crippen molar-refractivity contribution in [2.24, 2.45) is 0 Å². The number of fused-ring (bicyclic) bond motifs is 10. The van der Waals surface area contributed by atoms with Crippen LogP contribution in [0, 0.1) is 0 Å². The van der Waals surface area contributed by atoms with Gasteiger partial charge in [-0.1, -0.05) is 96.5 Å². The maximum absolute atomic E-state index is 2.40. The van der Waals surface area contributed by atoms with Crippen LogP contribution >= 0.6 is 0 Å². The van der Waals surface area contributed by atoms with Crippen molar-refractivity contribution in [2.75, 3.05) is 0 Å². The van der Waals surface area contributed by atoms with E-state index in [2.05, 4.69) is 98.8 Å². The van der Waals surface area contributed by atoms with Crippen LogP contribution in [0.3, 0.4) is 0 Å². The summed E-state index contributed by atoms with van der Waals surface area (Å²) >= 11 is 0. The second-order valence-electron chi connectivity index (χ2n) is 7.44. The fourth-order valence-corrected chi connectivity index (χ4v) is 5.21. The van der Waals surface area contributed by atoms with Gasteiger partial charge in [-0.25, -0.2) is 0 Å². The Bertz CT molecular complexity index is 1140. The SMILES string of the molecule is Bc1ccc2c(c1)C1(c3ccccc3-c3ccccc31)c1ccccc1-2. The Kier molecular flexibility index (Phi) is 2.59. The first kappa shape index (κ1) is 14.1. The fourth-order valence-electron chi connectivity index (χ4n) is 5.21. The van der Waals surface area contributed by atoms with Gasteiger partial charge < -0.3 is 0 Å². The molecule has 120 valence electrons. The number of hydrogen-bond donors (Lipinski definition) is 0. The lowest BCUT2D eigenvalue weighted by atomic mass is 9.70. The van der Waals surface area contributed by atoms with E-state index in [1.165, 1.54) is 50.0 Å². The third kappa shape index (κ3) is 1.48. The summed E-state index contributed by atoms with van der Waals surface area (Å²) in [5, 5.41) is 0. The first-order valence-corrected chi connectivity index (χ1v) is 9.22. The van der Waals surface area contributed by atoms with Gasteiger partial charge >= 0.3 is 0 Å². The molecule has 1 spiro atoms. The lowest BCUT2D eigenvalue weighted by Gasteiger charge is -2.30. The average Bonchev–Trinajstić information content (AvgIpc) is 3.15. The Morgan fingerprint density at radius 1 is 0.462 bits per heavy atom. The maximum Gasteiger partial charge on any atom is 0.139 e. The van der Waals surface area contributed by atoms with Crippen LogP contribution in [-0.4, -0.2) is 7.85 Å². The third-order valence-electron chi connectivity index (χ3n) is 6.15. The van der Waals surface area contributed by atoms with Gasteiger partial charge in [-0.05, 0) is 44.5 Å².